The fourth-order valence-electron chi connectivity index (χ4n) is 4.07. The van der Waals surface area contributed by atoms with Crippen molar-refractivity contribution in [1.82, 2.24) is 30.4 Å². The van der Waals surface area contributed by atoms with Crippen LogP contribution in [-0.4, -0.2) is 88.5 Å². The summed E-state index contributed by atoms with van der Waals surface area (Å²) >= 11 is 6.61. The lowest BCUT2D eigenvalue weighted by Gasteiger charge is -2.38. The minimum absolute atomic E-state index is 0.121. The van der Waals surface area contributed by atoms with Gasteiger partial charge in [-0.3, -0.25) is 9.59 Å². The van der Waals surface area contributed by atoms with Crippen LogP contribution >= 0.6 is 23.6 Å². The number of thiazole rings is 1. The third kappa shape index (κ3) is 6.12. The number of carbonyl (C=O) groups is 3. The lowest BCUT2D eigenvalue weighted by atomic mass is 9.99. The number of hydrogen-bond donors (Lipinski definition) is 3. The summed E-state index contributed by atoms with van der Waals surface area (Å²) in [4.78, 5) is 50.7. The van der Waals surface area contributed by atoms with Gasteiger partial charge in [0.15, 0.2) is 10.00 Å². The fraction of sp³-hybridized carbons (Fsp3) is 0.455. The van der Waals surface area contributed by atoms with Gasteiger partial charge in [-0.15, -0.1) is 11.3 Å². The van der Waals surface area contributed by atoms with E-state index in [1.807, 2.05) is 7.05 Å². The number of nitrogens with one attached hydrogen (secondary N) is 3. The van der Waals surface area contributed by atoms with Crippen molar-refractivity contribution in [2.75, 3.05) is 39.1 Å². The first-order valence-electron chi connectivity index (χ1n) is 11.3. The van der Waals surface area contributed by atoms with Crippen LogP contribution < -0.4 is 16.0 Å². The normalized spacial score (nSPS) is 19.7. The number of hydrogen-bond acceptors (Lipinski definition) is 9. The van der Waals surface area contributed by atoms with E-state index in [2.05, 4.69) is 30.8 Å². The van der Waals surface area contributed by atoms with Gasteiger partial charge in [0.2, 0.25) is 0 Å². The van der Waals surface area contributed by atoms with Crippen LogP contribution in [0.5, 0.6) is 0 Å². The number of nitrogens with zero attached hydrogens (tertiary/aromatic N) is 4. The molecule has 36 heavy (non-hydrogen) atoms. The van der Waals surface area contributed by atoms with E-state index < -0.39 is 29.9 Å². The molecule has 0 bridgehead atoms. The average molecular weight is 536 g/mol. The van der Waals surface area contributed by atoms with Crippen LogP contribution in [-0.2, 0) is 22.5 Å². The van der Waals surface area contributed by atoms with Crippen molar-refractivity contribution in [3.05, 3.63) is 39.7 Å². The Kier molecular flexibility index (Phi) is 8.06. The molecule has 1 saturated heterocycles. The Morgan fingerprint density at radius 3 is 2.75 bits per heavy atom. The molecule has 4 heterocycles. The van der Waals surface area contributed by atoms with E-state index >= 15 is 0 Å². The fourth-order valence-corrected chi connectivity index (χ4v) is 5.37. The summed E-state index contributed by atoms with van der Waals surface area (Å²) in [5, 5.41) is 8.80. The molecule has 2 aromatic rings. The first-order chi connectivity index (χ1) is 17.2. The molecule has 14 heteroatoms. The number of piperidine rings is 1. The lowest BCUT2D eigenvalue weighted by Crippen LogP contribution is -2.62. The average Bonchev–Trinajstić information content (AvgIpc) is 3.29. The van der Waals surface area contributed by atoms with Crippen molar-refractivity contribution < 1.29 is 23.5 Å². The van der Waals surface area contributed by atoms with Crippen molar-refractivity contribution in [2.24, 2.45) is 0 Å². The number of thiocarbonyl (C=S) groups is 1. The van der Waals surface area contributed by atoms with E-state index in [-0.39, 0.29) is 23.3 Å². The van der Waals surface area contributed by atoms with E-state index in [4.69, 9.17) is 17.0 Å². The SMILES string of the molecule is COC(=O)N1CCC(NC(=S)C(=O)Nc2ccc(F)cn2)C(NC(=O)c2nc3c(s2)CN(C)CC3)C1. The molecule has 0 aliphatic carbocycles. The largest absolute Gasteiger partial charge is 0.453 e. The highest BCUT2D eigenvalue weighted by Gasteiger charge is 2.35. The Hall–Kier alpha value is -3.23. The third-order valence-corrected chi connectivity index (χ3v) is 7.35. The number of amides is 3. The zero-order valence-electron chi connectivity index (χ0n) is 19.7. The van der Waals surface area contributed by atoms with Crippen molar-refractivity contribution in [2.45, 2.75) is 31.5 Å². The number of ether oxygens (including phenoxy) is 1. The maximum Gasteiger partial charge on any atom is 0.409 e. The second kappa shape index (κ2) is 11.2. The number of aromatic nitrogens is 2. The number of rotatable bonds is 4. The van der Waals surface area contributed by atoms with Gasteiger partial charge in [0.05, 0.1) is 31.1 Å². The van der Waals surface area contributed by atoms with Crippen molar-refractivity contribution in [3.8, 4) is 0 Å². The molecular formula is C22H26FN7O4S2. The molecule has 192 valence electrons. The molecule has 1 fully saturated rings. The molecule has 2 unspecified atom stereocenters. The maximum atomic E-state index is 13.1. The first-order valence-corrected chi connectivity index (χ1v) is 12.5. The zero-order valence-corrected chi connectivity index (χ0v) is 21.4. The zero-order chi connectivity index (χ0) is 25.8. The first kappa shape index (κ1) is 25.9. The van der Waals surface area contributed by atoms with Crippen molar-refractivity contribution in [3.63, 3.8) is 0 Å². The molecule has 11 nitrogen and oxygen atoms in total. The summed E-state index contributed by atoms with van der Waals surface area (Å²) in [6.07, 6.45) is 1.66. The van der Waals surface area contributed by atoms with Gasteiger partial charge in [-0.2, -0.15) is 0 Å². The van der Waals surface area contributed by atoms with Gasteiger partial charge in [-0.1, -0.05) is 12.2 Å². The highest BCUT2D eigenvalue weighted by atomic mass is 32.1. The standard InChI is InChI=1S/C22H26FN7O4S2/c1-29-7-5-14-16(11-29)36-21(27-14)19(32)25-15-10-30(22(33)34-2)8-6-13(15)26-20(35)18(31)28-17-4-3-12(23)9-24-17/h3-4,9,13,15H,5-8,10-11H2,1-2H3,(H,25,32)(H,26,35)(H,24,28,31). The molecule has 2 aliphatic heterocycles. The monoisotopic (exact) mass is 535 g/mol. The maximum absolute atomic E-state index is 13.1. The van der Waals surface area contributed by atoms with E-state index in [0.29, 0.717) is 18.0 Å². The Bertz CT molecular complexity index is 1160. The van der Waals surface area contributed by atoms with Crippen LogP contribution in [0.15, 0.2) is 18.3 Å². The summed E-state index contributed by atoms with van der Waals surface area (Å²) in [6.45, 7) is 2.13. The molecule has 2 atom stereocenters. The van der Waals surface area contributed by atoms with E-state index in [9.17, 15) is 18.8 Å². The van der Waals surface area contributed by atoms with Gasteiger partial charge in [0.25, 0.3) is 11.8 Å². The van der Waals surface area contributed by atoms with Gasteiger partial charge in [-0.05, 0) is 25.6 Å². The molecular weight excluding hydrogens is 509 g/mol. The molecule has 2 aliphatic rings. The van der Waals surface area contributed by atoms with E-state index in [1.54, 1.807) is 0 Å². The van der Waals surface area contributed by atoms with Crippen LogP contribution in [0.1, 0.15) is 26.8 Å². The number of halogens is 1. The summed E-state index contributed by atoms with van der Waals surface area (Å²) in [7, 11) is 3.31. The number of pyridine rings is 1. The molecule has 0 saturated carbocycles. The molecule has 3 N–H and O–H groups in total. The van der Waals surface area contributed by atoms with Crippen LogP contribution in [0.3, 0.4) is 0 Å². The summed E-state index contributed by atoms with van der Waals surface area (Å²) < 4.78 is 17.9. The molecule has 3 amide bonds. The topological polar surface area (TPSA) is 129 Å². The number of methoxy groups -OCH3 is 1. The molecule has 2 aromatic heterocycles. The molecule has 4 rings (SSSR count). The molecule has 0 spiro atoms. The second-order valence-electron chi connectivity index (χ2n) is 8.56. The minimum Gasteiger partial charge on any atom is -0.453 e. The van der Waals surface area contributed by atoms with Gasteiger partial charge in [0.1, 0.15) is 11.6 Å². The van der Waals surface area contributed by atoms with Crippen molar-refractivity contribution in [1.29, 1.82) is 0 Å². The Labute approximate surface area is 216 Å². The number of likely N-dealkylation sites (N-methyl/N-ethyl adjacent to an activating group) is 1. The number of carbonyl (C=O) groups excluding carboxylic acids is 3. The predicted molar refractivity (Wildman–Crippen MR) is 134 cm³/mol. The lowest BCUT2D eigenvalue weighted by molar-refractivity contribution is -0.110. The van der Waals surface area contributed by atoms with E-state index in [0.717, 1.165) is 36.3 Å². The Morgan fingerprint density at radius 2 is 2.03 bits per heavy atom. The number of fused-ring (bicyclic) bond motifs is 1. The van der Waals surface area contributed by atoms with Gasteiger partial charge in [0, 0.05) is 37.5 Å². The third-order valence-electron chi connectivity index (χ3n) is 5.97. The van der Waals surface area contributed by atoms with E-state index in [1.165, 1.54) is 35.5 Å². The summed E-state index contributed by atoms with van der Waals surface area (Å²) in [6, 6.07) is 1.49. The number of anilines is 1. The highest BCUT2D eigenvalue weighted by Crippen LogP contribution is 2.25. The van der Waals surface area contributed by atoms with Crippen molar-refractivity contribution >= 4 is 52.3 Å². The van der Waals surface area contributed by atoms with Crippen LogP contribution in [0.4, 0.5) is 15.0 Å². The summed E-state index contributed by atoms with van der Waals surface area (Å²) in [5.74, 6) is -1.36. The second-order valence-corrected chi connectivity index (χ2v) is 10.0. The van der Waals surface area contributed by atoms with Crippen LogP contribution in [0.2, 0.25) is 0 Å². The minimum atomic E-state index is -0.624. The summed E-state index contributed by atoms with van der Waals surface area (Å²) in [5.41, 5.74) is 0.935. The Balaban J connectivity index is 1.44. The molecule has 0 radical (unpaired) electrons. The van der Waals surface area contributed by atoms with Gasteiger partial charge < -0.3 is 30.5 Å². The van der Waals surface area contributed by atoms with Crippen LogP contribution in [0.25, 0.3) is 0 Å². The number of likely N-dealkylation sites (tertiary alicyclic amines) is 1. The van der Waals surface area contributed by atoms with Crippen LogP contribution in [0, 0.1) is 5.82 Å². The predicted octanol–water partition coefficient (Wildman–Crippen LogP) is 1.16. The quantitative estimate of drug-likeness (QED) is 0.494. The van der Waals surface area contributed by atoms with Gasteiger partial charge in [-0.25, -0.2) is 19.2 Å². The Morgan fingerprint density at radius 1 is 1.22 bits per heavy atom. The smallest absolute Gasteiger partial charge is 0.409 e. The van der Waals surface area contributed by atoms with Gasteiger partial charge >= 0.3 is 6.09 Å². The highest BCUT2D eigenvalue weighted by molar-refractivity contribution is 7.82. The molecule has 0 aromatic carbocycles.